The Kier molecular flexibility index (Phi) is 7.11. The average molecular weight is 441 g/mol. The van der Waals surface area contributed by atoms with E-state index in [1.807, 2.05) is 0 Å². The fraction of sp³-hybridized carbons (Fsp3) is 0.350. The Bertz CT molecular complexity index is 994. The molecule has 162 valence electrons. The van der Waals surface area contributed by atoms with Crippen LogP contribution in [0.1, 0.15) is 12.0 Å². The minimum atomic E-state index is -4.23. The predicted octanol–water partition coefficient (Wildman–Crippen LogP) is 2.12. The van der Waals surface area contributed by atoms with Crippen LogP contribution in [-0.4, -0.2) is 56.3 Å². The molecule has 1 aliphatic heterocycles. The highest BCUT2D eigenvalue weighted by molar-refractivity contribution is 7.89. The zero-order chi connectivity index (χ0) is 21.7. The lowest BCUT2D eigenvalue weighted by Gasteiger charge is -2.29. The SMILES string of the molecule is O=C(CCN(Cc1ccc(F)cc1)S(=O)(=O)c1ccc(F)c(F)c1)N1CCNCC1. The first-order valence-corrected chi connectivity index (χ1v) is 10.9. The second-order valence-corrected chi connectivity index (χ2v) is 8.86. The summed E-state index contributed by atoms with van der Waals surface area (Å²) in [5.41, 5.74) is 0.497. The van der Waals surface area contributed by atoms with Gasteiger partial charge in [0.2, 0.25) is 15.9 Å². The van der Waals surface area contributed by atoms with Crippen molar-refractivity contribution in [1.82, 2.24) is 14.5 Å². The lowest BCUT2D eigenvalue weighted by molar-refractivity contribution is -0.131. The van der Waals surface area contributed by atoms with E-state index in [9.17, 15) is 26.4 Å². The summed E-state index contributed by atoms with van der Waals surface area (Å²) in [6.07, 6.45) is -0.0654. The van der Waals surface area contributed by atoms with Crippen molar-refractivity contribution in [3.8, 4) is 0 Å². The van der Waals surface area contributed by atoms with E-state index in [-0.39, 0.29) is 25.4 Å². The third kappa shape index (κ3) is 5.38. The summed E-state index contributed by atoms with van der Waals surface area (Å²) < 4.78 is 67.3. The van der Waals surface area contributed by atoms with Gasteiger partial charge in [0.1, 0.15) is 5.82 Å². The maximum Gasteiger partial charge on any atom is 0.243 e. The molecule has 1 heterocycles. The summed E-state index contributed by atoms with van der Waals surface area (Å²) in [5, 5.41) is 3.13. The van der Waals surface area contributed by atoms with Crippen molar-refractivity contribution in [2.24, 2.45) is 0 Å². The number of amides is 1. The quantitative estimate of drug-likeness (QED) is 0.715. The van der Waals surface area contributed by atoms with E-state index < -0.39 is 32.4 Å². The maximum atomic E-state index is 13.6. The molecule has 1 saturated heterocycles. The van der Waals surface area contributed by atoms with Crippen LogP contribution in [-0.2, 0) is 21.4 Å². The molecule has 0 saturated carbocycles. The van der Waals surface area contributed by atoms with E-state index in [1.54, 1.807) is 4.90 Å². The van der Waals surface area contributed by atoms with Gasteiger partial charge in [0.25, 0.3) is 0 Å². The molecule has 1 amide bonds. The number of carbonyl (C=O) groups is 1. The van der Waals surface area contributed by atoms with Gasteiger partial charge < -0.3 is 10.2 Å². The number of sulfonamides is 1. The summed E-state index contributed by atoms with van der Waals surface area (Å²) in [5.74, 6) is -3.11. The topological polar surface area (TPSA) is 69.7 Å². The van der Waals surface area contributed by atoms with Crippen molar-refractivity contribution in [3.05, 3.63) is 65.5 Å². The van der Waals surface area contributed by atoms with Gasteiger partial charge in [0.05, 0.1) is 4.90 Å². The Morgan fingerprint density at radius 2 is 1.67 bits per heavy atom. The molecule has 0 radical (unpaired) electrons. The monoisotopic (exact) mass is 441 g/mol. The van der Waals surface area contributed by atoms with E-state index in [4.69, 9.17) is 0 Å². The second kappa shape index (κ2) is 9.59. The van der Waals surface area contributed by atoms with Crippen LogP contribution in [0.25, 0.3) is 0 Å². The molecular weight excluding hydrogens is 419 g/mol. The third-order valence-electron chi connectivity index (χ3n) is 4.85. The Morgan fingerprint density at radius 3 is 2.30 bits per heavy atom. The van der Waals surface area contributed by atoms with Gasteiger partial charge in [-0.3, -0.25) is 4.79 Å². The molecule has 1 fully saturated rings. The van der Waals surface area contributed by atoms with Crippen LogP contribution in [0.5, 0.6) is 0 Å². The zero-order valence-corrected chi connectivity index (χ0v) is 17.0. The molecular formula is C20H22F3N3O3S. The molecule has 0 unspecified atom stereocenters. The predicted molar refractivity (Wildman–Crippen MR) is 104 cm³/mol. The van der Waals surface area contributed by atoms with Crippen molar-refractivity contribution < 1.29 is 26.4 Å². The number of carbonyl (C=O) groups excluding carboxylic acids is 1. The van der Waals surface area contributed by atoms with Gasteiger partial charge in [-0.25, -0.2) is 21.6 Å². The smallest absolute Gasteiger partial charge is 0.243 e. The molecule has 3 rings (SSSR count). The molecule has 6 nitrogen and oxygen atoms in total. The van der Waals surface area contributed by atoms with Gasteiger partial charge in [-0.15, -0.1) is 0 Å². The van der Waals surface area contributed by atoms with Crippen molar-refractivity contribution >= 4 is 15.9 Å². The minimum Gasteiger partial charge on any atom is -0.340 e. The number of nitrogens with zero attached hydrogens (tertiary/aromatic N) is 2. The van der Waals surface area contributed by atoms with Crippen LogP contribution in [0, 0.1) is 17.5 Å². The van der Waals surface area contributed by atoms with Crippen molar-refractivity contribution in [2.75, 3.05) is 32.7 Å². The van der Waals surface area contributed by atoms with E-state index >= 15 is 0 Å². The standard InChI is InChI=1S/C20H22F3N3O3S/c21-16-3-1-15(2-4-16)14-26(10-7-20(27)25-11-8-24-9-12-25)30(28,29)17-5-6-18(22)19(23)13-17/h1-6,13,24H,7-12,14H2. The van der Waals surface area contributed by atoms with Crippen LogP contribution in [0.15, 0.2) is 47.4 Å². The number of halogens is 3. The Hall–Kier alpha value is -2.43. The first-order chi connectivity index (χ1) is 14.3. The molecule has 30 heavy (non-hydrogen) atoms. The lowest BCUT2D eigenvalue weighted by atomic mass is 10.2. The third-order valence-corrected chi connectivity index (χ3v) is 6.69. The molecule has 10 heteroatoms. The fourth-order valence-electron chi connectivity index (χ4n) is 3.16. The van der Waals surface area contributed by atoms with Crippen LogP contribution in [0.3, 0.4) is 0 Å². The van der Waals surface area contributed by atoms with E-state index in [2.05, 4.69) is 5.32 Å². The highest BCUT2D eigenvalue weighted by atomic mass is 32.2. The van der Waals surface area contributed by atoms with Crippen molar-refractivity contribution in [1.29, 1.82) is 0 Å². The van der Waals surface area contributed by atoms with Crippen LogP contribution in [0.4, 0.5) is 13.2 Å². The zero-order valence-electron chi connectivity index (χ0n) is 16.2. The van der Waals surface area contributed by atoms with Gasteiger partial charge in [-0.1, -0.05) is 12.1 Å². The van der Waals surface area contributed by atoms with Gasteiger partial charge in [0, 0.05) is 45.7 Å². The minimum absolute atomic E-state index is 0.0654. The van der Waals surface area contributed by atoms with Crippen LogP contribution in [0.2, 0.25) is 0 Å². The Labute approximate surface area is 173 Å². The normalized spacial score (nSPS) is 14.9. The lowest BCUT2D eigenvalue weighted by Crippen LogP contribution is -2.47. The molecule has 0 aliphatic carbocycles. The van der Waals surface area contributed by atoms with Crippen LogP contribution < -0.4 is 5.32 Å². The Morgan fingerprint density at radius 1 is 1.00 bits per heavy atom. The molecule has 1 aliphatic rings. The summed E-state index contributed by atoms with van der Waals surface area (Å²) in [7, 11) is -4.23. The van der Waals surface area contributed by atoms with Crippen LogP contribution >= 0.6 is 0 Å². The number of benzene rings is 2. The summed E-state index contributed by atoms with van der Waals surface area (Å²) in [6, 6.07) is 7.59. The van der Waals surface area contributed by atoms with Crippen molar-refractivity contribution in [2.45, 2.75) is 17.9 Å². The molecule has 2 aromatic rings. The van der Waals surface area contributed by atoms with E-state index in [0.717, 1.165) is 16.4 Å². The molecule has 2 aromatic carbocycles. The first kappa shape index (κ1) is 22.3. The number of piperazine rings is 1. The van der Waals surface area contributed by atoms with Crippen molar-refractivity contribution in [3.63, 3.8) is 0 Å². The van der Waals surface area contributed by atoms with Gasteiger partial charge >= 0.3 is 0 Å². The summed E-state index contributed by atoms with van der Waals surface area (Å²) in [6.45, 7) is 2.10. The highest BCUT2D eigenvalue weighted by Gasteiger charge is 2.27. The fourth-order valence-corrected chi connectivity index (χ4v) is 4.60. The Balaban J connectivity index is 1.82. The summed E-state index contributed by atoms with van der Waals surface area (Å²) >= 11 is 0. The average Bonchev–Trinajstić information content (AvgIpc) is 2.74. The number of nitrogens with one attached hydrogen (secondary N) is 1. The van der Waals surface area contributed by atoms with E-state index in [0.29, 0.717) is 37.8 Å². The number of rotatable bonds is 7. The molecule has 1 N–H and O–H groups in total. The van der Waals surface area contributed by atoms with Gasteiger partial charge in [-0.2, -0.15) is 4.31 Å². The van der Waals surface area contributed by atoms with E-state index in [1.165, 1.54) is 24.3 Å². The maximum absolute atomic E-state index is 13.6. The largest absolute Gasteiger partial charge is 0.340 e. The molecule has 0 spiro atoms. The van der Waals surface area contributed by atoms with Gasteiger partial charge in [0.15, 0.2) is 11.6 Å². The van der Waals surface area contributed by atoms with Gasteiger partial charge in [-0.05, 0) is 35.9 Å². The molecule has 0 atom stereocenters. The number of hydrogen-bond acceptors (Lipinski definition) is 4. The summed E-state index contributed by atoms with van der Waals surface area (Å²) in [4.78, 5) is 13.7. The number of hydrogen-bond donors (Lipinski definition) is 1. The molecule has 0 aromatic heterocycles. The molecule has 0 bridgehead atoms. The first-order valence-electron chi connectivity index (χ1n) is 9.45. The highest BCUT2D eigenvalue weighted by Crippen LogP contribution is 2.21. The second-order valence-electron chi connectivity index (χ2n) is 6.92.